The molecule has 0 spiro atoms. The predicted octanol–water partition coefficient (Wildman–Crippen LogP) is -0.589. The minimum atomic E-state index is -3.25. The van der Waals surface area contributed by atoms with Crippen molar-refractivity contribution in [3.63, 3.8) is 0 Å². The molecule has 23 heavy (non-hydrogen) atoms. The van der Waals surface area contributed by atoms with Gasteiger partial charge in [0.1, 0.15) is 0 Å². The molecular formula is C14H23N5O3S. The van der Waals surface area contributed by atoms with Crippen LogP contribution < -0.4 is 4.72 Å². The summed E-state index contributed by atoms with van der Waals surface area (Å²) < 4.78 is 27.1. The second-order valence-corrected chi connectivity index (χ2v) is 8.13. The minimum Gasteiger partial charge on any atom is -0.342 e. The molecule has 3 rings (SSSR count). The molecule has 1 amide bonds. The van der Waals surface area contributed by atoms with E-state index in [2.05, 4.69) is 14.7 Å². The van der Waals surface area contributed by atoms with Crippen LogP contribution >= 0.6 is 0 Å². The first kappa shape index (κ1) is 16.4. The molecule has 0 aliphatic carbocycles. The lowest BCUT2D eigenvalue weighted by atomic mass is 10.2. The predicted molar refractivity (Wildman–Crippen MR) is 85.2 cm³/mol. The van der Waals surface area contributed by atoms with Gasteiger partial charge in [0, 0.05) is 38.9 Å². The molecular weight excluding hydrogens is 318 g/mol. The second kappa shape index (κ2) is 6.58. The number of hydrogen-bond acceptors (Lipinski definition) is 5. The summed E-state index contributed by atoms with van der Waals surface area (Å²) >= 11 is 0. The highest BCUT2D eigenvalue weighted by Gasteiger charge is 2.29. The number of nitrogens with zero attached hydrogens (tertiary/aromatic N) is 4. The van der Waals surface area contributed by atoms with Crippen LogP contribution in [-0.4, -0.2) is 72.9 Å². The highest BCUT2D eigenvalue weighted by atomic mass is 32.2. The molecule has 1 saturated heterocycles. The molecule has 8 nitrogen and oxygen atoms in total. The van der Waals surface area contributed by atoms with Gasteiger partial charge in [0.05, 0.1) is 24.5 Å². The molecule has 1 N–H and O–H groups in total. The van der Waals surface area contributed by atoms with Crippen molar-refractivity contribution in [2.24, 2.45) is 0 Å². The van der Waals surface area contributed by atoms with Gasteiger partial charge >= 0.3 is 0 Å². The molecule has 2 aliphatic rings. The van der Waals surface area contributed by atoms with Crippen molar-refractivity contribution in [1.29, 1.82) is 0 Å². The number of amides is 1. The van der Waals surface area contributed by atoms with Gasteiger partial charge < -0.3 is 4.90 Å². The first-order valence-electron chi connectivity index (χ1n) is 7.89. The first-order chi connectivity index (χ1) is 10.9. The van der Waals surface area contributed by atoms with Gasteiger partial charge in [0.15, 0.2) is 0 Å². The monoisotopic (exact) mass is 341 g/mol. The number of sulfonamides is 1. The zero-order chi connectivity index (χ0) is 16.4. The van der Waals surface area contributed by atoms with E-state index in [1.807, 2.05) is 15.6 Å². The van der Waals surface area contributed by atoms with E-state index in [9.17, 15) is 13.2 Å². The summed E-state index contributed by atoms with van der Waals surface area (Å²) in [6.45, 7) is 3.63. The Bertz CT molecular complexity index is 666. The lowest BCUT2D eigenvalue weighted by Crippen LogP contribution is -2.46. The molecule has 2 aliphatic heterocycles. The van der Waals surface area contributed by atoms with Crippen LogP contribution in [0.2, 0.25) is 0 Å². The Kier molecular flexibility index (Phi) is 4.69. The van der Waals surface area contributed by atoms with Crippen LogP contribution in [0.15, 0.2) is 12.3 Å². The third kappa shape index (κ3) is 4.10. The SMILES string of the molecule is CS(=O)(=O)NC[C@@H]1CN(CC(=O)N2CCCC2)Cc2ccnn21. The number of hydrogen-bond donors (Lipinski definition) is 1. The summed E-state index contributed by atoms with van der Waals surface area (Å²) in [5.74, 6) is 0.158. The molecule has 9 heteroatoms. The van der Waals surface area contributed by atoms with E-state index in [4.69, 9.17) is 0 Å². The second-order valence-electron chi connectivity index (χ2n) is 6.30. The normalized spacial score (nSPS) is 22.3. The molecule has 128 valence electrons. The van der Waals surface area contributed by atoms with Gasteiger partial charge in [0.2, 0.25) is 15.9 Å². The number of carbonyl (C=O) groups excluding carboxylic acids is 1. The van der Waals surface area contributed by atoms with E-state index >= 15 is 0 Å². The average molecular weight is 341 g/mol. The van der Waals surface area contributed by atoms with E-state index in [-0.39, 0.29) is 18.5 Å². The maximum Gasteiger partial charge on any atom is 0.236 e. The number of nitrogens with one attached hydrogen (secondary N) is 1. The van der Waals surface area contributed by atoms with E-state index in [0.29, 0.717) is 19.6 Å². The van der Waals surface area contributed by atoms with Crippen molar-refractivity contribution in [2.45, 2.75) is 25.4 Å². The van der Waals surface area contributed by atoms with Gasteiger partial charge in [-0.2, -0.15) is 5.10 Å². The van der Waals surface area contributed by atoms with Gasteiger partial charge in [-0.05, 0) is 18.9 Å². The molecule has 1 aromatic heterocycles. The number of carbonyl (C=O) groups is 1. The Labute approximate surface area is 136 Å². The van der Waals surface area contributed by atoms with Crippen LogP contribution in [0.4, 0.5) is 0 Å². The lowest BCUT2D eigenvalue weighted by molar-refractivity contribution is -0.131. The maximum absolute atomic E-state index is 12.3. The fourth-order valence-electron chi connectivity index (χ4n) is 3.24. The fourth-order valence-corrected chi connectivity index (χ4v) is 3.74. The number of rotatable bonds is 5. The molecule has 3 heterocycles. The molecule has 0 bridgehead atoms. The highest BCUT2D eigenvalue weighted by molar-refractivity contribution is 7.88. The van der Waals surface area contributed by atoms with Crippen LogP contribution in [0.25, 0.3) is 0 Å². The van der Waals surface area contributed by atoms with Crippen molar-refractivity contribution < 1.29 is 13.2 Å². The highest BCUT2D eigenvalue weighted by Crippen LogP contribution is 2.20. The van der Waals surface area contributed by atoms with Crippen LogP contribution in [0.3, 0.4) is 0 Å². The summed E-state index contributed by atoms with van der Waals surface area (Å²) in [5.41, 5.74) is 1.01. The standard InChI is InChI=1S/C14H23N5O3S/c1-23(21,22)16-8-13-10-17(9-12-4-5-15-19(12)13)11-14(20)18-6-2-3-7-18/h4-5,13,16H,2-3,6-11H2,1H3/t13-/m1/s1. The maximum atomic E-state index is 12.3. The van der Waals surface area contributed by atoms with Crippen LogP contribution in [0.1, 0.15) is 24.6 Å². The first-order valence-corrected chi connectivity index (χ1v) is 9.79. The largest absolute Gasteiger partial charge is 0.342 e. The van der Waals surface area contributed by atoms with Gasteiger partial charge in [-0.3, -0.25) is 14.4 Å². The number of likely N-dealkylation sites (tertiary alicyclic amines) is 1. The summed E-state index contributed by atoms with van der Waals surface area (Å²) in [5, 5.41) is 4.29. The Balaban J connectivity index is 1.66. The quantitative estimate of drug-likeness (QED) is 0.774. The molecule has 0 radical (unpaired) electrons. The van der Waals surface area contributed by atoms with Gasteiger partial charge in [0.25, 0.3) is 0 Å². The van der Waals surface area contributed by atoms with Crippen molar-refractivity contribution in [3.05, 3.63) is 18.0 Å². The van der Waals surface area contributed by atoms with Gasteiger partial charge in [-0.1, -0.05) is 0 Å². The Hall–Kier alpha value is -1.45. The molecule has 0 aromatic carbocycles. The zero-order valence-electron chi connectivity index (χ0n) is 13.3. The van der Waals surface area contributed by atoms with Crippen molar-refractivity contribution in [2.75, 3.05) is 39.0 Å². The molecule has 1 aromatic rings. The molecule has 0 saturated carbocycles. The number of fused-ring (bicyclic) bond motifs is 1. The topological polar surface area (TPSA) is 87.5 Å². The zero-order valence-corrected chi connectivity index (χ0v) is 14.1. The van der Waals surface area contributed by atoms with E-state index < -0.39 is 10.0 Å². The van der Waals surface area contributed by atoms with Crippen LogP contribution in [-0.2, 0) is 21.4 Å². The van der Waals surface area contributed by atoms with E-state index in [0.717, 1.165) is 37.9 Å². The van der Waals surface area contributed by atoms with Crippen LogP contribution in [0, 0.1) is 0 Å². The lowest BCUT2D eigenvalue weighted by Gasteiger charge is -2.34. The Morgan fingerprint density at radius 3 is 2.83 bits per heavy atom. The molecule has 1 atom stereocenters. The third-order valence-electron chi connectivity index (χ3n) is 4.35. The van der Waals surface area contributed by atoms with Crippen molar-refractivity contribution >= 4 is 15.9 Å². The molecule has 0 unspecified atom stereocenters. The summed E-state index contributed by atoms with van der Waals surface area (Å²) in [6.07, 6.45) is 5.03. The average Bonchev–Trinajstić information content (AvgIpc) is 3.14. The van der Waals surface area contributed by atoms with Gasteiger partial charge in [-0.15, -0.1) is 0 Å². The van der Waals surface area contributed by atoms with E-state index in [1.54, 1.807) is 6.20 Å². The Morgan fingerprint density at radius 2 is 2.13 bits per heavy atom. The summed E-state index contributed by atoms with van der Waals surface area (Å²) in [6, 6.07) is 1.81. The number of aromatic nitrogens is 2. The van der Waals surface area contributed by atoms with Crippen molar-refractivity contribution in [3.8, 4) is 0 Å². The molecule has 1 fully saturated rings. The third-order valence-corrected chi connectivity index (χ3v) is 5.04. The van der Waals surface area contributed by atoms with E-state index in [1.165, 1.54) is 0 Å². The van der Waals surface area contributed by atoms with Crippen LogP contribution in [0.5, 0.6) is 0 Å². The minimum absolute atomic E-state index is 0.102. The smallest absolute Gasteiger partial charge is 0.236 e. The summed E-state index contributed by atoms with van der Waals surface area (Å²) in [4.78, 5) is 16.3. The summed E-state index contributed by atoms with van der Waals surface area (Å²) in [7, 11) is -3.25. The fraction of sp³-hybridized carbons (Fsp3) is 0.714. The Morgan fingerprint density at radius 1 is 1.39 bits per heavy atom. The van der Waals surface area contributed by atoms with Gasteiger partial charge in [-0.25, -0.2) is 13.1 Å². The van der Waals surface area contributed by atoms with Crippen molar-refractivity contribution in [1.82, 2.24) is 24.3 Å².